The number of piperidine rings is 1. The maximum Gasteiger partial charge on any atom is 0.325 e. The number of nitrogens with one attached hydrogen (secondary N) is 2. The van der Waals surface area contributed by atoms with E-state index < -0.39 is 10.0 Å². The molecule has 9 heteroatoms. The maximum atomic E-state index is 12.1. The van der Waals surface area contributed by atoms with Crippen molar-refractivity contribution in [2.24, 2.45) is 5.92 Å². The van der Waals surface area contributed by atoms with E-state index >= 15 is 0 Å². The zero-order chi connectivity index (χ0) is 15.7. The topological polar surface area (TPSA) is 98.8 Å². The molecule has 0 bridgehead atoms. The molecule has 4 amide bonds. The SMILES string of the molecule is O=C1NCCN1C(=O)NCC1CCN(S(=O)(=O)C2CC2)CC1. The van der Waals surface area contributed by atoms with Crippen molar-refractivity contribution in [2.45, 2.75) is 30.9 Å². The molecule has 8 nitrogen and oxygen atoms in total. The van der Waals surface area contributed by atoms with E-state index in [4.69, 9.17) is 0 Å². The van der Waals surface area contributed by atoms with Gasteiger partial charge in [-0.05, 0) is 31.6 Å². The summed E-state index contributed by atoms with van der Waals surface area (Å²) in [4.78, 5) is 24.4. The van der Waals surface area contributed by atoms with Gasteiger partial charge in [0.2, 0.25) is 10.0 Å². The van der Waals surface area contributed by atoms with Crippen molar-refractivity contribution in [1.82, 2.24) is 19.8 Å². The summed E-state index contributed by atoms with van der Waals surface area (Å²) in [6.07, 6.45) is 3.07. The normalized spacial score (nSPS) is 24.4. The summed E-state index contributed by atoms with van der Waals surface area (Å²) in [5, 5.41) is 5.20. The number of hydrogen-bond donors (Lipinski definition) is 2. The lowest BCUT2D eigenvalue weighted by molar-refractivity contribution is 0.194. The van der Waals surface area contributed by atoms with Gasteiger partial charge in [-0.25, -0.2) is 27.2 Å². The molecule has 1 saturated carbocycles. The predicted molar refractivity (Wildman–Crippen MR) is 79.7 cm³/mol. The first-order valence-electron chi connectivity index (χ1n) is 7.80. The van der Waals surface area contributed by atoms with Crippen molar-refractivity contribution in [3.63, 3.8) is 0 Å². The van der Waals surface area contributed by atoms with E-state index in [0.29, 0.717) is 32.7 Å². The van der Waals surface area contributed by atoms with Gasteiger partial charge in [0.05, 0.1) is 5.25 Å². The summed E-state index contributed by atoms with van der Waals surface area (Å²) >= 11 is 0. The minimum Gasteiger partial charge on any atom is -0.337 e. The third-order valence-corrected chi connectivity index (χ3v) is 6.92. The van der Waals surface area contributed by atoms with Gasteiger partial charge in [-0.15, -0.1) is 0 Å². The molecule has 3 fully saturated rings. The van der Waals surface area contributed by atoms with Crippen molar-refractivity contribution < 1.29 is 18.0 Å². The Kier molecular flexibility index (Phi) is 4.26. The summed E-state index contributed by atoms with van der Waals surface area (Å²) in [6, 6.07) is -0.731. The number of imide groups is 1. The number of urea groups is 2. The van der Waals surface area contributed by atoms with E-state index in [-0.39, 0.29) is 23.2 Å². The third-order valence-electron chi connectivity index (χ3n) is 4.52. The van der Waals surface area contributed by atoms with E-state index in [2.05, 4.69) is 10.6 Å². The van der Waals surface area contributed by atoms with Crippen LogP contribution < -0.4 is 10.6 Å². The average Bonchev–Trinajstić information content (AvgIpc) is 3.28. The minimum atomic E-state index is -3.08. The summed E-state index contributed by atoms with van der Waals surface area (Å²) in [5.74, 6) is 0.264. The van der Waals surface area contributed by atoms with Gasteiger partial charge in [0.25, 0.3) is 0 Å². The lowest BCUT2D eigenvalue weighted by atomic mass is 9.98. The van der Waals surface area contributed by atoms with Crippen molar-refractivity contribution in [2.75, 3.05) is 32.7 Å². The molecule has 1 aliphatic carbocycles. The lowest BCUT2D eigenvalue weighted by Gasteiger charge is -2.31. The van der Waals surface area contributed by atoms with Crippen LogP contribution in [-0.2, 0) is 10.0 Å². The first-order chi connectivity index (χ1) is 10.5. The molecule has 2 N–H and O–H groups in total. The van der Waals surface area contributed by atoms with Crippen LogP contribution in [0.4, 0.5) is 9.59 Å². The van der Waals surface area contributed by atoms with E-state index in [1.54, 1.807) is 4.31 Å². The van der Waals surface area contributed by atoms with Crippen LogP contribution >= 0.6 is 0 Å². The second-order valence-corrected chi connectivity index (χ2v) is 8.37. The highest BCUT2D eigenvalue weighted by Gasteiger charge is 2.41. The highest BCUT2D eigenvalue weighted by Crippen LogP contribution is 2.33. The van der Waals surface area contributed by atoms with Gasteiger partial charge in [-0.2, -0.15) is 0 Å². The first-order valence-corrected chi connectivity index (χ1v) is 9.31. The fourth-order valence-corrected chi connectivity index (χ4v) is 4.81. The summed E-state index contributed by atoms with van der Waals surface area (Å²) in [6.45, 7) is 2.43. The highest BCUT2D eigenvalue weighted by atomic mass is 32.2. The molecular weight excluding hydrogens is 308 g/mol. The standard InChI is InChI=1S/C13H22N4O4S/c18-12-14-5-8-17(12)13(19)15-9-10-3-6-16(7-4-10)22(20,21)11-1-2-11/h10-11H,1-9H2,(H,14,18)(H,15,19). The van der Waals surface area contributed by atoms with Gasteiger partial charge in [0.15, 0.2) is 0 Å². The summed E-state index contributed by atoms with van der Waals surface area (Å²) < 4.78 is 25.9. The molecule has 2 aliphatic heterocycles. The molecule has 0 radical (unpaired) electrons. The fraction of sp³-hybridized carbons (Fsp3) is 0.846. The maximum absolute atomic E-state index is 12.1. The van der Waals surface area contributed by atoms with E-state index in [0.717, 1.165) is 30.6 Å². The van der Waals surface area contributed by atoms with Gasteiger partial charge < -0.3 is 10.6 Å². The zero-order valence-corrected chi connectivity index (χ0v) is 13.3. The lowest BCUT2D eigenvalue weighted by Crippen LogP contribution is -2.46. The molecule has 0 aromatic carbocycles. The minimum absolute atomic E-state index is 0.155. The summed E-state index contributed by atoms with van der Waals surface area (Å²) in [5.41, 5.74) is 0. The Morgan fingerprint density at radius 2 is 1.86 bits per heavy atom. The molecule has 0 atom stereocenters. The Morgan fingerprint density at radius 1 is 1.18 bits per heavy atom. The molecule has 0 unspecified atom stereocenters. The van der Waals surface area contributed by atoms with Crippen LogP contribution in [0.15, 0.2) is 0 Å². The Bertz CT molecular complexity index is 552. The number of amides is 4. The number of carbonyl (C=O) groups is 2. The van der Waals surface area contributed by atoms with Gasteiger partial charge in [0.1, 0.15) is 0 Å². The summed E-state index contributed by atoms with van der Waals surface area (Å²) in [7, 11) is -3.08. The third kappa shape index (κ3) is 3.19. The molecule has 3 rings (SSSR count). The van der Waals surface area contributed by atoms with Crippen LogP contribution in [0.25, 0.3) is 0 Å². The Hall–Kier alpha value is -1.35. The highest BCUT2D eigenvalue weighted by molar-refractivity contribution is 7.90. The van der Waals surface area contributed by atoms with Gasteiger partial charge >= 0.3 is 12.1 Å². The second-order valence-electron chi connectivity index (χ2n) is 6.16. The monoisotopic (exact) mass is 330 g/mol. The van der Waals surface area contributed by atoms with Crippen LogP contribution in [0.2, 0.25) is 0 Å². The first kappa shape index (κ1) is 15.5. The Balaban J connectivity index is 1.42. The number of nitrogens with zero attached hydrogens (tertiary/aromatic N) is 2. The number of rotatable bonds is 4. The Labute approximate surface area is 130 Å². The van der Waals surface area contributed by atoms with Crippen molar-refractivity contribution in [3.8, 4) is 0 Å². The molecule has 2 saturated heterocycles. The zero-order valence-electron chi connectivity index (χ0n) is 12.5. The number of sulfonamides is 1. The molecule has 22 heavy (non-hydrogen) atoms. The van der Waals surface area contributed by atoms with Crippen LogP contribution in [-0.4, -0.2) is 67.7 Å². The van der Waals surface area contributed by atoms with Crippen LogP contribution in [0, 0.1) is 5.92 Å². The molecule has 2 heterocycles. The quantitative estimate of drug-likeness (QED) is 0.753. The average molecular weight is 330 g/mol. The van der Waals surface area contributed by atoms with Crippen molar-refractivity contribution in [1.29, 1.82) is 0 Å². The smallest absolute Gasteiger partial charge is 0.325 e. The van der Waals surface area contributed by atoms with Crippen molar-refractivity contribution >= 4 is 22.1 Å². The molecule has 3 aliphatic rings. The molecule has 0 aromatic heterocycles. The van der Waals surface area contributed by atoms with Crippen LogP contribution in [0.3, 0.4) is 0 Å². The van der Waals surface area contributed by atoms with Gasteiger partial charge in [0, 0.05) is 32.7 Å². The van der Waals surface area contributed by atoms with Gasteiger partial charge in [-0.3, -0.25) is 0 Å². The van der Waals surface area contributed by atoms with Gasteiger partial charge in [-0.1, -0.05) is 0 Å². The molecular formula is C13H22N4O4S. The molecule has 124 valence electrons. The predicted octanol–water partition coefficient (Wildman–Crippen LogP) is -0.0746. The molecule has 0 aromatic rings. The van der Waals surface area contributed by atoms with Crippen molar-refractivity contribution in [3.05, 3.63) is 0 Å². The van der Waals surface area contributed by atoms with E-state index in [1.165, 1.54) is 0 Å². The molecule has 0 spiro atoms. The number of hydrogen-bond acceptors (Lipinski definition) is 4. The van der Waals surface area contributed by atoms with Crippen LogP contribution in [0.1, 0.15) is 25.7 Å². The number of carbonyl (C=O) groups excluding carboxylic acids is 2. The largest absolute Gasteiger partial charge is 0.337 e. The van der Waals surface area contributed by atoms with E-state index in [9.17, 15) is 18.0 Å². The van der Waals surface area contributed by atoms with E-state index in [1.807, 2.05) is 0 Å². The van der Waals surface area contributed by atoms with Crippen LogP contribution in [0.5, 0.6) is 0 Å². The second kappa shape index (κ2) is 6.04. The fourth-order valence-electron chi connectivity index (χ4n) is 2.94. The Morgan fingerprint density at radius 3 is 2.41 bits per heavy atom.